The Kier molecular flexibility index (Phi) is 13.6. The second kappa shape index (κ2) is 14.3. The van der Waals surface area contributed by atoms with Crippen LogP contribution in [0.4, 0.5) is 48.3 Å². The molecule has 0 amide bonds. The Bertz CT molecular complexity index is 1630. The number of rotatable bonds is 6. The summed E-state index contributed by atoms with van der Waals surface area (Å²) in [5, 5.41) is 9.85. The van der Waals surface area contributed by atoms with Gasteiger partial charge in [-0.1, -0.05) is 51.4 Å². The first-order valence-electron chi connectivity index (χ1n) is 11.6. The molecule has 0 saturated heterocycles. The summed E-state index contributed by atoms with van der Waals surface area (Å²) < 4.78 is 200. The molecule has 0 radical (unpaired) electrons. The SMILES string of the molecule is C[Si](C)(C)c1c(F)cccc1OS(=O)(=O)C(F)(F)F.C[Si](C)(C)c1c(O)cccc1F.O=S(=O)(OS(=O)(=O)C(F)(F)F)C(F)(F)F. The van der Waals surface area contributed by atoms with Crippen LogP contribution in [0.25, 0.3) is 0 Å². The lowest BCUT2D eigenvalue weighted by Crippen LogP contribution is -2.42. The van der Waals surface area contributed by atoms with E-state index in [1.165, 1.54) is 18.2 Å². The molecule has 46 heavy (non-hydrogen) atoms. The molecule has 0 aliphatic carbocycles. The fraction of sp³-hybridized carbons (Fsp3) is 0.429. The highest BCUT2D eigenvalue weighted by Gasteiger charge is 2.57. The number of phenols is 1. The van der Waals surface area contributed by atoms with Gasteiger partial charge in [-0.15, -0.1) is 3.63 Å². The third-order valence-electron chi connectivity index (χ3n) is 4.70. The summed E-state index contributed by atoms with van der Waals surface area (Å²) in [7, 11) is -23.6. The van der Waals surface area contributed by atoms with Crippen LogP contribution in [-0.4, -0.2) is 63.0 Å². The van der Waals surface area contributed by atoms with E-state index in [0.29, 0.717) is 5.19 Å². The number of hydrogen-bond acceptors (Lipinski definition) is 9. The molecule has 2 aromatic rings. The molecule has 2 aromatic carbocycles. The first kappa shape index (κ1) is 43.5. The second-order valence-corrected chi connectivity index (χ2v) is 25.4. The lowest BCUT2D eigenvalue weighted by atomic mass is 10.3. The van der Waals surface area contributed by atoms with Gasteiger partial charge in [-0.2, -0.15) is 64.8 Å². The molecule has 0 heterocycles. The van der Waals surface area contributed by atoms with Crippen molar-refractivity contribution in [3.8, 4) is 11.5 Å². The van der Waals surface area contributed by atoms with Gasteiger partial charge in [0, 0.05) is 10.4 Å². The van der Waals surface area contributed by atoms with Crippen molar-refractivity contribution in [2.24, 2.45) is 0 Å². The van der Waals surface area contributed by atoms with Gasteiger partial charge >= 0.3 is 46.9 Å². The van der Waals surface area contributed by atoms with Gasteiger partial charge in [0.2, 0.25) is 0 Å². The van der Waals surface area contributed by atoms with Crippen LogP contribution in [0.1, 0.15) is 0 Å². The minimum absolute atomic E-state index is 0.0918. The van der Waals surface area contributed by atoms with Gasteiger partial charge in [0.15, 0.2) is 0 Å². The van der Waals surface area contributed by atoms with Crippen molar-refractivity contribution in [2.75, 3.05) is 0 Å². The molecule has 2 rings (SSSR count). The summed E-state index contributed by atoms with van der Waals surface area (Å²) in [4.78, 5) is 0. The maximum Gasteiger partial charge on any atom is 0.534 e. The highest BCUT2D eigenvalue weighted by molar-refractivity contribution is 8.00. The Morgan fingerprint density at radius 3 is 1.17 bits per heavy atom. The number of halogens is 11. The molecule has 0 bridgehead atoms. The molecule has 266 valence electrons. The minimum Gasteiger partial charge on any atom is -0.508 e. The molecule has 0 aromatic heterocycles. The van der Waals surface area contributed by atoms with Crippen molar-refractivity contribution in [2.45, 2.75) is 55.8 Å². The van der Waals surface area contributed by atoms with Gasteiger partial charge in [0.05, 0.1) is 16.1 Å². The first-order chi connectivity index (χ1) is 20.0. The molecule has 9 nitrogen and oxygen atoms in total. The van der Waals surface area contributed by atoms with Crippen molar-refractivity contribution in [1.29, 1.82) is 0 Å². The van der Waals surface area contributed by atoms with Gasteiger partial charge in [-0.3, -0.25) is 0 Å². The van der Waals surface area contributed by atoms with Gasteiger partial charge in [0.1, 0.15) is 23.1 Å². The van der Waals surface area contributed by atoms with Crippen molar-refractivity contribution in [3.05, 3.63) is 48.0 Å². The van der Waals surface area contributed by atoms with E-state index in [-0.39, 0.29) is 16.8 Å². The predicted molar refractivity (Wildman–Crippen MR) is 147 cm³/mol. The topological polar surface area (TPSA) is 141 Å². The Balaban J connectivity index is 0.000000679. The van der Waals surface area contributed by atoms with Crippen molar-refractivity contribution < 1.29 is 86.5 Å². The average molecular weight is 783 g/mol. The second-order valence-electron chi connectivity index (χ2n) is 10.6. The normalized spacial score (nSPS) is 13.6. The van der Waals surface area contributed by atoms with Crippen LogP contribution in [0.2, 0.25) is 39.3 Å². The Labute approximate surface area is 258 Å². The summed E-state index contributed by atoms with van der Waals surface area (Å²) in [6.45, 7) is 11.0. The van der Waals surface area contributed by atoms with Crippen LogP contribution in [0, 0.1) is 11.6 Å². The van der Waals surface area contributed by atoms with Crippen molar-refractivity contribution in [3.63, 3.8) is 0 Å². The zero-order valence-electron chi connectivity index (χ0n) is 24.1. The van der Waals surface area contributed by atoms with E-state index in [1.807, 2.05) is 23.3 Å². The molecule has 0 aliphatic heterocycles. The van der Waals surface area contributed by atoms with Crippen LogP contribution in [0.5, 0.6) is 11.5 Å². The first-order valence-corrected chi connectivity index (χ1v) is 22.8. The maximum absolute atomic E-state index is 13.7. The van der Waals surface area contributed by atoms with Crippen LogP contribution < -0.4 is 14.6 Å². The smallest absolute Gasteiger partial charge is 0.508 e. The summed E-state index contributed by atoms with van der Waals surface area (Å²) in [6, 6.07) is 7.62. The Morgan fingerprint density at radius 1 is 0.565 bits per heavy atom. The summed E-state index contributed by atoms with van der Waals surface area (Å²) >= 11 is 0. The summed E-state index contributed by atoms with van der Waals surface area (Å²) in [5.41, 5.74) is -18.1. The standard InChI is InChI=1S/C10H12F4O3SSi.C9H13FOSi.C2F6O5S2/c1-19(2,3)9-7(11)5-4-6-8(9)17-18(15,16)10(12,13)14;1-12(2,3)9-7(10)5-4-6-8(9)11;3-1(4,5)14(9,10)13-15(11,12)2(6,7)8/h4-6H,1-3H3;4-6,11H,1-3H3;. The largest absolute Gasteiger partial charge is 0.534 e. The fourth-order valence-corrected chi connectivity index (χ4v) is 8.35. The molecule has 25 heteroatoms. The van der Waals surface area contributed by atoms with Crippen molar-refractivity contribution >= 4 is 56.9 Å². The maximum atomic E-state index is 13.7. The van der Waals surface area contributed by atoms with Gasteiger partial charge in [0.25, 0.3) is 0 Å². The molecule has 0 spiro atoms. The molecule has 0 unspecified atom stereocenters. The highest BCUT2D eigenvalue weighted by atomic mass is 32.3. The zero-order valence-corrected chi connectivity index (χ0v) is 28.5. The lowest BCUT2D eigenvalue weighted by Gasteiger charge is -2.21. The van der Waals surface area contributed by atoms with E-state index >= 15 is 0 Å². The molecular weight excluding hydrogens is 758 g/mol. The summed E-state index contributed by atoms with van der Waals surface area (Å²) in [6.07, 6.45) is 0. The van der Waals surface area contributed by atoms with E-state index in [0.717, 1.165) is 18.2 Å². The van der Waals surface area contributed by atoms with E-state index in [2.05, 4.69) is 4.18 Å². The number of aromatic hydroxyl groups is 1. The zero-order chi connectivity index (χ0) is 37.1. The van der Waals surface area contributed by atoms with E-state index in [1.54, 1.807) is 19.6 Å². The van der Waals surface area contributed by atoms with Crippen LogP contribution in [-0.2, 0) is 34.0 Å². The highest BCUT2D eigenvalue weighted by Crippen LogP contribution is 2.32. The van der Waals surface area contributed by atoms with Gasteiger partial charge in [-0.05, 0) is 24.3 Å². The quantitative estimate of drug-likeness (QED) is 0.177. The minimum atomic E-state index is -6.85. The van der Waals surface area contributed by atoms with Crippen LogP contribution in [0.3, 0.4) is 0 Å². The number of benzene rings is 2. The molecule has 1 N–H and O–H groups in total. The van der Waals surface area contributed by atoms with Crippen LogP contribution >= 0.6 is 0 Å². The van der Waals surface area contributed by atoms with Crippen LogP contribution in [0.15, 0.2) is 36.4 Å². The molecule has 0 atom stereocenters. The molecule has 0 saturated carbocycles. The fourth-order valence-electron chi connectivity index (χ4n) is 2.92. The predicted octanol–water partition coefficient (Wildman–Crippen LogP) is 5.38. The Hall–Kier alpha value is -2.49. The van der Waals surface area contributed by atoms with E-state index < -0.39 is 74.6 Å². The number of hydrogen-bond donors (Lipinski definition) is 1. The Morgan fingerprint density at radius 2 is 0.891 bits per heavy atom. The number of phenolic OH excluding ortho intramolecular Hbond substituents is 1. The van der Waals surface area contributed by atoms with Gasteiger partial charge in [-0.25, -0.2) is 8.78 Å². The van der Waals surface area contributed by atoms with Gasteiger partial charge < -0.3 is 9.29 Å². The summed E-state index contributed by atoms with van der Waals surface area (Å²) in [5.74, 6) is -1.56. The third-order valence-corrected chi connectivity index (χ3v) is 12.2. The van der Waals surface area contributed by atoms with E-state index in [9.17, 15) is 78.7 Å². The molecule has 0 aliphatic rings. The monoisotopic (exact) mass is 782 g/mol. The van der Waals surface area contributed by atoms with E-state index in [4.69, 9.17) is 0 Å². The molecule has 0 fully saturated rings. The third kappa shape index (κ3) is 11.9. The molecular formula is C21H25F11O9S3Si2. The average Bonchev–Trinajstić information content (AvgIpc) is 2.75. The number of alkyl halides is 9. The van der Waals surface area contributed by atoms with Crippen molar-refractivity contribution in [1.82, 2.24) is 0 Å². The lowest BCUT2D eigenvalue weighted by molar-refractivity contribution is -0.0586.